The van der Waals surface area contributed by atoms with E-state index in [1.165, 1.54) is 0 Å². The van der Waals surface area contributed by atoms with E-state index < -0.39 is 0 Å². The van der Waals surface area contributed by atoms with Gasteiger partial charge in [0.05, 0.1) is 20.8 Å². The van der Waals surface area contributed by atoms with Crippen LogP contribution in [0.4, 0.5) is 0 Å². The Balaban J connectivity index is 2.34. The van der Waals surface area contributed by atoms with Gasteiger partial charge in [-0.2, -0.15) is 0 Å². The number of hydrogen-bond acceptors (Lipinski definition) is 4. The van der Waals surface area contributed by atoms with Crippen molar-refractivity contribution in [2.75, 3.05) is 21.3 Å². The van der Waals surface area contributed by atoms with Gasteiger partial charge in [-0.25, -0.2) is 0 Å². The van der Waals surface area contributed by atoms with Crippen LogP contribution in [-0.2, 0) is 6.54 Å². The fourth-order valence-corrected chi connectivity index (χ4v) is 3.11. The number of thiophene rings is 1. The van der Waals surface area contributed by atoms with Gasteiger partial charge in [0.15, 0.2) is 11.5 Å². The molecule has 0 aliphatic carbocycles. The maximum absolute atomic E-state index is 12.7. The highest BCUT2D eigenvalue weighted by atomic mass is 32.1. The molecule has 2 rings (SSSR count). The Kier molecular flexibility index (Phi) is 5.82. The van der Waals surface area contributed by atoms with Gasteiger partial charge in [0, 0.05) is 23.1 Å². The van der Waals surface area contributed by atoms with Crippen LogP contribution in [0, 0.1) is 0 Å². The lowest BCUT2D eigenvalue weighted by atomic mass is 10.1. The van der Waals surface area contributed by atoms with Gasteiger partial charge in [0.25, 0.3) is 5.91 Å². The number of methoxy groups -OCH3 is 2. The second-order valence-electron chi connectivity index (χ2n) is 5.04. The first-order valence-electron chi connectivity index (χ1n) is 7.27. The molecule has 5 heteroatoms. The molecule has 0 saturated carbocycles. The van der Waals surface area contributed by atoms with Crippen molar-refractivity contribution < 1.29 is 14.3 Å². The van der Waals surface area contributed by atoms with Crippen LogP contribution in [0.5, 0.6) is 11.5 Å². The van der Waals surface area contributed by atoms with E-state index in [1.807, 2.05) is 42.7 Å². The van der Waals surface area contributed by atoms with Gasteiger partial charge in [0.2, 0.25) is 0 Å². The van der Waals surface area contributed by atoms with Gasteiger partial charge in [-0.15, -0.1) is 11.3 Å². The summed E-state index contributed by atoms with van der Waals surface area (Å²) in [5.41, 5.74) is 1.40. The maximum Gasteiger partial charge on any atom is 0.254 e. The van der Waals surface area contributed by atoms with Crippen molar-refractivity contribution in [2.24, 2.45) is 0 Å². The van der Waals surface area contributed by atoms with Crippen molar-refractivity contribution in [2.45, 2.75) is 13.5 Å². The Hall–Kier alpha value is -2.27. The van der Waals surface area contributed by atoms with Crippen LogP contribution < -0.4 is 9.47 Å². The molecular weight excluding hydrogens is 310 g/mol. The largest absolute Gasteiger partial charge is 0.493 e. The number of benzene rings is 1. The van der Waals surface area contributed by atoms with Crippen molar-refractivity contribution >= 4 is 23.3 Å². The lowest BCUT2D eigenvalue weighted by Gasteiger charge is -2.18. The minimum Gasteiger partial charge on any atom is -0.493 e. The molecule has 1 aromatic heterocycles. The summed E-state index contributed by atoms with van der Waals surface area (Å²) in [4.78, 5) is 15.6. The molecule has 2 aromatic rings. The molecule has 122 valence electrons. The third-order valence-electron chi connectivity index (χ3n) is 3.42. The first kappa shape index (κ1) is 17.1. The Bertz CT molecular complexity index is 693. The average molecular weight is 331 g/mol. The standard InChI is InChI=1S/C18H21NO3S/c1-5-7-13-10-14(11-16(21-3)17(13)22-4)18(20)19(2)12-15-8-6-9-23-15/h5-11H,12H2,1-4H3/b7-5+. The maximum atomic E-state index is 12.7. The van der Waals surface area contributed by atoms with Gasteiger partial charge in [-0.3, -0.25) is 4.79 Å². The first-order chi connectivity index (χ1) is 11.1. The molecule has 23 heavy (non-hydrogen) atoms. The number of hydrogen-bond donors (Lipinski definition) is 0. The summed E-state index contributed by atoms with van der Waals surface area (Å²) in [5, 5.41) is 2.01. The lowest BCUT2D eigenvalue weighted by molar-refractivity contribution is 0.0786. The molecule has 0 aliphatic rings. The van der Waals surface area contributed by atoms with Crippen LogP contribution in [0.1, 0.15) is 27.7 Å². The summed E-state index contributed by atoms with van der Waals surface area (Å²) in [7, 11) is 4.96. The molecule has 0 atom stereocenters. The number of allylic oxidation sites excluding steroid dienone is 1. The van der Waals surface area contributed by atoms with Gasteiger partial charge in [-0.1, -0.05) is 18.2 Å². The number of ether oxygens (including phenoxy) is 2. The Labute approximate surface area is 141 Å². The molecule has 0 aliphatic heterocycles. The van der Waals surface area contributed by atoms with E-state index in [4.69, 9.17) is 9.47 Å². The van der Waals surface area contributed by atoms with Crippen LogP contribution in [0.3, 0.4) is 0 Å². The third kappa shape index (κ3) is 3.93. The fraction of sp³-hybridized carbons (Fsp3) is 0.278. The van der Waals surface area contributed by atoms with Crippen LogP contribution in [-0.4, -0.2) is 32.1 Å². The molecule has 0 N–H and O–H groups in total. The number of rotatable bonds is 6. The SMILES string of the molecule is C/C=C/c1cc(C(=O)N(C)Cc2cccs2)cc(OC)c1OC. The quantitative estimate of drug-likeness (QED) is 0.801. The van der Waals surface area contributed by atoms with E-state index in [-0.39, 0.29) is 5.91 Å². The van der Waals surface area contributed by atoms with Crippen molar-refractivity contribution in [1.29, 1.82) is 0 Å². The number of nitrogens with zero attached hydrogens (tertiary/aromatic N) is 1. The molecule has 0 radical (unpaired) electrons. The van der Waals surface area contributed by atoms with E-state index >= 15 is 0 Å². The monoisotopic (exact) mass is 331 g/mol. The summed E-state index contributed by atoms with van der Waals surface area (Å²) in [6, 6.07) is 7.56. The zero-order chi connectivity index (χ0) is 16.8. The molecule has 0 unspecified atom stereocenters. The number of carbonyl (C=O) groups excluding carboxylic acids is 1. The van der Waals surface area contributed by atoms with Crippen molar-refractivity contribution in [1.82, 2.24) is 4.90 Å². The van der Waals surface area contributed by atoms with Crippen molar-refractivity contribution in [3.63, 3.8) is 0 Å². The predicted molar refractivity (Wildman–Crippen MR) is 94.4 cm³/mol. The smallest absolute Gasteiger partial charge is 0.254 e. The number of carbonyl (C=O) groups is 1. The minimum absolute atomic E-state index is 0.0508. The Morgan fingerprint density at radius 1 is 1.30 bits per heavy atom. The van der Waals surface area contributed by atoms with Crippen LogP contribution in [0.2, 0.25) is 0 Å². The van der Waals surface area contributed by atoms with E-state index in [0.29, 0.717) is 23.6 Å². The second-order valence-corrected chi connectivity index (χ2v) is 6.07. The molecule has 1 aromatic carbocycles. The molecule has 0 saturated heterocycles. The van der Waals surface area contributed by atoms with Crippen molar-refractivity contribution in [3.8, 4) is 11.5 Å². The Morgan fingerprint density at radius 2 is 2.09 bits per heavy atom. The molecule has 0 fully saturated rings. The van der Waals surface area contributed by atoms with Crippen molar-refractivity contribution in [3.05, 3.63) is 51.7 Å². The second kappa shape index (κ2) is 7.83. The molecule has 0 bridgehead atoms. The average Bonchev–Trinajstić information content (AvgIpc) is 3.06. The van der Waals surface area contributed by atoms with Gasteiger partial charge < -0.3 is 14.4 Å². The van der Waals surface area contributed by atoms with E-state index in [2.05, 4.69) is 0 Å². The molecule has 4 nitrogen and oxygen atoms in total. The third-order valence-corrected chi connectivity index (χ3v) is 4.28. The highest BCUT2D eigenvalue weighted by molar-refractivity contribution is 7.09. The lowest BCUT2D eigenvalue weighted by Crippen LogP contribution is -2.26. The van der Waals surface area contributed by atoms with Gasteiger partial charge in [0.1, 0.15) is 0 Å². The first-order valence-corrected chi connectivity index (χ1v) is 8.15. The van der Waals surface area contributed by atoms with E-state index in [1.54, 1.807) is 43.6 Å². The topological polar surface area (TPSA) is 38.8 Å². The minimum atomic E-state index is -0.0508. The number of amides is 1. The molecule has 1 amide bonds. The molecule has 0 spiro atoms. The summed E-state index contributed by atoms with van der Waals surface area (Å²) in [5.74, 6) is 1.13. The van der Waals surface area contributed by atoms with Crippen LogP contribution in [0.15, 0.2) is 35.7 Å². The van der Waals surface area contributed by atoms with Gasteiger partial charge >= 0.3 is 0 Å². The van der Waals surface area contributed by atoms with E-state index in [9.17, 15) is 4.79 Å². The molecule has 1 heterocycles. The zero-order valence-corrected chi connectivity index (χ0v) is 14.6. The van der Waals surface area contributed by atoms with Gasteiger partial charge in [-0.05, 0) is 30.5 Å². The van der Waals surface area contributed by atoms with Crippen LogP contribution in [0.25, 0.3) is 6.08 Å². The van der Waals surface area contributed by atoms with Crippen LogP contribution >= 0.6 is 11.3 Å². The Morgan fingerprint density at radius 3 is 2.65 bits per heavy atom. The summed E-state index contributed by atoms with van der Waals surface area (Å²) < 4.78 is 10.8. The predicted octanol–water partition coefficient (Wildman–Crippen LogP) is 4.07. The normalized spacial score (nSPS) is 10.8. The highest BCUT2D eigenvalue weighted by Gasteiger charge is 2.18. The van der Waals surface area contributed by atoms with E-state index in [0.717, 1.165) is 10.4 Å². The summed E-state index contributed by atoms with van der Waals surface area (Å²) >= 11 is 1.64. The fourth-order valence-electron chi connectivity index (χ4n) is 2.35. The summed E-state index contributed by atoms with van der Waals surface area (Å²) in [6.45, 7) is 2.51. The molecular formula is C18H21NO3S. The summed E-state index contributed by atoms with van der Waals surface area (Å²) in [6.07, 6.45) is 3.80. The zero-order valence-electron chi connectivity index (χ0n) is 13.8. The highest BCUT2D eigenvalue weighted by Crippen LogP contribution is 2.34.